The zero-order valence-electron chi connectivity index (χ0n) is 16.8. The summed E-state index contributed by atoms with van der Waals surface area (Å²) in [6.07, 6.45) is 2.58. The van der Waals surface area contributed by atoms with Gasteiger partial charge >= 0.3 is 0 Å². The second-order valence-corrected chi connectivity index (χ2v) is 11.2. The van der Waals surface area contributed by atoms with Gasteiger partial charge in [-0.1, -0.05) is 12.1 Å². The van der Waals surface area contributed by atoms with Gasteiger partial charge in [-0.3, -0.25) is 9.59 Å². The van der Waals surface area contributed by atoms with Crippen LogP contribution in [0.1, 0.15) is 30.6 Å². The Kier molecular flexibility index (Phi) is 5.95. The number of anilines is 2. The SMILES string of the molecule is Cc1ccc(S(=O)(=O)N2CCCC(C(=O)Nc3ccccc3N3CCCC3=O)C2)s1. The van der Waals surface area contributed by atoms with Crippen LogP contribution in [0.4, 0.5) is 11.4 Å². The van der Waals surface area contributed by atoms with E-state index in [9.17, 15) is 18.0 Å². The topological polar surface area (TPSA) is 86.8 Å². The molecule has 1 N–H and O–H groups in total. The molecule has 2 aliphatic rings. The lowest BCUT2D eigenvalue weighted by Gasteiger charge is -2.31. The molecule has 1 atom stereocenters. The molecule has 1 unspecified atom stereocenters. The van der Waals surface area contributed by atoms with E-state index in [1.54, 1.807) is 23.1 Å². The maximum atomic E-state index is 13.0. The number of para-hydroxylation sites is 2. The minimum absolute atomic E-state index is 0.0536. The lowest BCUT2D eigenvalue weighted by atomic mass is 9.98. The van der Waals surface area contributed by atoms with Crippen molar-refractivity contribution < 1.29 is 18.0 Å². The molecule has 0 bridgehead atoms. The third kappa shape index (κ3) is 4.14. The van der Waals surface area contributed by atoms with Gasteiger partial charge in [0.1, 0.15) is 4.21 Å². The van der Waals surface area contributed by atoms with Crippen LogP contribution in [0, 0.1) is 12.8 Å². The summed E-state index contributed by atoms with van der Waals surface area (Å²) >= 11 is 1.25. The van der Waals surface area contributed by atoms with Crippen molar-refractivity contribution >= 4 is 44.5 Å². The fourth-order valence-electron chi connectivity index (χ4n) is 4.01. The second-order valence-electron chi connectivity index (χ2n) is 7.72. The summed E-state index contributed by atoms with van der Waals surface area (Å²) in [6, 6.07) is 10.7. The van der Waals surface area contributed by atoms with E-state index in [0.29, 0.717) is 47.9 Å². The number of carbonyl (C=O) groups excluding carboxylic acids is 2. The summed E-state index contributed by atoms with van der Waals surface area (Å²) in [7, 11) is -3.59. The maximum absolute atomic E-state index is 13.0. The highest BCUT2D eigenvalue weighted by atomic mass is 32.2. The molecule has 2 aliphatic heterocycles. The first-order valence-electron chi connectivity index (χ1n) is 10.1. The van der Waals surface area contributed by atoms with Crippen LogP contribution in [0.2, 0.25) is 0 Å². The number of nitrogens with one attached hydrogen (secondary N) is 1. The third-order valence-electron chi connectivity index (χ3n) is 5.59. The molecule has 3 heterocycles. The van der Waals surface area contributed by atoms with Crippen LogP contribution < -0.4 is 10.2 Å². The highest BCUT2D eigenvalue weighted by molar-refractivity contribution is 7.91. The molecule has 2 saturated heterocycles. The number of piperidine rings is 1. The number of aryl methyl sites for hydroxylation is 1. The Labute approximate surface area is 180 Å². The highest BCUT2D eigenvalue weighted by Crippen LogP contribution is 2.32. The van der Waals surface area contributed by atoms with Crippen molar-refractivity contribution in [2.75, 3.05) is 29.9 Å². The van der Waals surface area contributed by atoms with Crippen LogP contribution >= 0.6 is 11.3 Å². The van der Waals surface area contributed by atoms with Crippen LogP contribution in [-0.4, -0.2) is 44.2 Å². The van der Waals surface area contributed by atoms with Crippen molar-refractivity contribution in [2.24, 2.45) is 5.92 Å². The van der Waals surface area contributed by atoms with Crippen molar-refractivity contribution in [3.05, 3.63) is 41.3 Å². The van der Waals surface area contributed by atoms with E-state index in [0.717, 1.165) is 11.3 Å². The molecule has 0 spiro atoms. The Morgan fingerprint density at radius 3 is 2.63 bits per heavy atom. The van der Waals surface area contributed by atoms with Crippen molar-refractivity contribution in [3.63, 3.8) is 0 Å². The van der Waals surface area contributed by atoms with Crippen molar-refractivity contribution in [3.8, 4) is 0 Å². The molecule has 2 fully saturated rings. The van der Waals surface area contributed by atoms with Gasteiger partial charge < -0.3 is 10.2 Å². The summed E-state index contributed by atoms with van der Waals surface area (Å²) in [6.45, 7) is 3.10. The fraction of sp³-hybridized carbons (Fsp3) is 0.429. The van der Waals surface area contributed by atoms with E-state index in [-0.39, 0.29) is 18.4 Å². The maximum Gasteiger partial charge on any atom is 0.252 e. The van der Waals surface area contributed by atoms with E-state index in [1.165, 1.54) is 15.6 Å². The van der Waals surface area contributed by atoms with E-state index in [2.05, 4.69) is 5.32 Å². The first-order chi connectivity index (χ1) is 14.4. The Bertz CT molecular complexity index is 1060. The molecule has 2 aromatic rings. The van der Waals surface area contributed by atoms with Crippen LogP contribution in [0.25, 0.3) is 0 Å². The first kappa shape index (κ1) is 21.0. The number of thiophene rings is 1. The van der Waals surface area contributed by atoms with E-state index >= 15 is 0 Å². The third-order valence-corrected chi connectivity index (χ3v) is 8.92. The number of amides is 2. The van der Waals surface area contributed by atoms with Gasteiger partial charge in [-0.25, -0.2) is 8.42 Å². The Morgan fingerprint density at radius 2 is 1.93 bits per heavy atom. The summed E-state index contributed by atoms with van der Waals surface area (Å²) < 4.78 is 27.6. The molecule has 0 aliphatic carbocycles. The molecule has 0 saturated carbocycles. The number of rotatable bonds is 5. The molecule has 0 radical (unpaired) electrons. The zero-order valence-corrected chi connectivity index (χ0v) is 18.5. The second kappa shape index (κ2) is 8.49. The molecule has 1 aromatic carbocycles. The predicted molar refractivity (Wildman–Crippen MR) is 117 cm³/mol. The summed E-state index contributed by atoms with van der Waals surface area (Å²) in [4.78, 5) is 27.8. The van der Waals surface area contributed by atoms with Crippen molar-refractivity contribution in [2.45, 2.75) is 36.8 Å². The number of benzene rings is 1. The lowest BCUT2D eigenvalue weighted by molar-refractivity contribution is -0.121. The zero-order chi connectivity index (χ0) is 21.3. The van der Waals surface area contributed by atoms with E-state index < -0.39 is 15.9 Å². The van der Waals surface area contributed by atoms with E-state index in [1.807, 2.05) is 25.1 Å². The Morgan fingerprint density at radius 1 is 1.13 bits per heavy atom. The number of nitrogens with zero attached hydrogens (tertiary/aromatic N) is 2. The predicted octanol–water partition coefficient (Wildman–Crippen LogP) is 3.22. The van der Waals surface area contributed by atoms with Gasteiger partial charge in [-0.15, -0.1) is 11.3 Å². The van der Waals surface area contributed by atoms with Crippen molar-refractivity contribution in [1.82, 2.24) is 4.31 Å². The smallest absolute Gasteiger partial charge is 0.252 e. The molecule has 4 rings (SSSR count). The van der Waals surface area contributed by atoms with Crippen LogP contribution in [-0.2, 0) is 19.6 Å². The summed E-state index contributed by atoms with van der Waals surface area (Å²) in [5.41, 5.74) is 1.29. The molecule has 30 heavy (non-hydrogen) atoms. The van der Waals surface area contributed by atoms with Gasteiger partial charge in [0.25, 0.3) is 10.0 Å². The van der Waals surface area contributed by atoms with Crippen LogP contribution in [0.5, 0.6) is 0 Å². The minimum Gasteiger partial charge on any atom is -0.324 e. The minimum atomic E-state index is -3.59. The average Bonchev–Trinajstić information content (AvgIpc) is 3.37. The number of hydrogen-bond acceptors (Lipinski definition) is 5. The molecule has 160 valence electrons. The molecular weight excluding hydrogens is 422 g/mol. The molecular formula is C21H25N3O4S2. The van der Waals surface area contributed by atoms with Gasteiger partial charge in [0, 0.05) is 30.9 Å². The highest BCUT2D eigenvalue weighted by Gasteiger charge is 2.34. The molecule has 9 heteroatoms. The number of carbonyl (C=O) groups is 2. The van der Waals surface area contributed by atoms with Gasteiger partial charge in [-0.05, 0) is 50.5 Å². The standard InChI is InChI=1S/C21H25N3O4S2/c1-15-10-11-20(29-15)30(27,28)23-12-4-6-16(14-23)21(26)22-17-7-2-3-8-18(17)24-13-5-9-19(24)25/h2-3,7-8,10-11,16H,4-6,9,12-14H2,1H3,(H,22,26). The van der Waals surface area contributed by atoms with Crippen LogP contribution in [0.3, 0.4) is 0 Å². The first-order valence-corrected chi connectivity index (χ1v) is 12.4. The normalized spacial score (nSPS) is 20.5. The monoisotopic (exact) mass is 447 g/mol. The largest absolute Gasteiger partial charge is 0.324 e. The van der Waals surface area contributed by atoms with Gasteiger partial charge in [0.15, 0.2) is 0 Å². The Balaban J connectivity index is 1.49. The average molecular weight is 448 g/mol. The fourth-order valence-corrected chi connectivity index (χ4v) is 6.97. The molecule has 2 amide bonds. The lowest BCUT2D eigenvalue weighted by Crippen LogP contribution is -2.43. The molecule has 1 aromatic heterocycles. The van der Waals surface area contributed by atoms with Gasteiger partial charge in [-0.2, -0.15) is 4.31 Å². The number of hydrogen-bond donors (Lipinski definition) is 1. The quantitative estimate of drug-likeness (QED) is 0.762. The van der Waals surface area contributed by atoms with Gasteiger partial charge in [0.2, 0.25) is 11.8 Å². The van der Waals surface area contributed by atoms with E-state index in [4.69, 9.17) is 0 Å². The summed E-state index contributed by atoms with van der Waals surface area (Å²) in [5.74, 6) is -0.592. The van der Waals surface area contributed by atoms with Gasteiger partial charge in [0.05, 0.1) is 17.3 Å². The summed E-state index contributed by atoms with van der Waals surface area (Å²) in [5, 5.41) is 2.94. The van der Waals surface area contributed by atoms with Crippen molar-refractivity contribution in [1.29, 1.82) is 0 Å². The Hall–Kier alpha value is -2.23. The molecule has 7 nitrogen and oxygen atoms in total. The number of sulfonamides is 1. The van der Waals surface area contributed by atoms with Crippen LogP contribution in [0.15, 0.2) is 40.6 Å².